The van der Waals surface area contributed by atoms with Crippen molar-refractivity contribution in [1.82, 2.24) is 0 Å². The summed E-state index contributed by atoms with van der Waals surface area (Å²) >= 11 is 1.09. The van der Waals surface area contributed by atoms with E-state index in [4.69, 9.17) is 9.84 Å². The second kappa shape index (κ2) is 6.90. The lowest BCUT2D eigenvalue weighted by molar-refractivity contribution is -0.134. The van der Waals surface area contributed by atoms with E-state index in [1.165, 1.54) is 0 Å². The number of anilines is 1. The molecule has 1 aromatic rings. The summed E-state index contributed by atoms with van der Waals surface area (Å²) in [5.74, 6) is -3.15. The number of carbonyl (C=O) groups is 2. The monoisotopic (exact) mass is 335 g/mol. The summed E-state index contributed by atoms with van der Waals surface area (Å²) in [7, 11) is -4.06. The minimum absolute atomic E-state index is 0.101. The Hall–Kier alpha value is -1.61. The molecule has 0 saturated heterocycles. The van der Waals surface area contributed by atoms with E-state index >= 15 is 0 Å². The zero-order valence-corrected chi connectivity index (χ0v) is 13.6. The summed E-state index contributed by atoms with van der Waals surface area (Å²) < 4.78 is 30.5. The number of aliphatic carboxylic acids is 1. The summed E-state index contributed by atoms with van der Waals surface area (Å²) in [6.07, 6.45) is 0.539. The number of thiophene rings is 1. The highest BCUT2D eigenvalue weighted by atomic mass is 32.2. The van der Waals surface area contributed by atoms with Crippen molar-refractivity contribution in [2.75, 3.05) is 17.1 Å². The predicted octanol–water partition coefficient (Wildman–Crippen LogP) is 1.62. The van der Waals surface area contributed by atoms with Gasteiger partial charge in [0.05, 0.1) is 12.2 Å². The van der Waals surface area contributed by atoms with Gasteiger partial charge in [0.2, 0.25) is 10.0 Å². The molecule has 7 nitrogen and oxygen atoms in total. The zero-order chi connectivity index (χ0) is 16.2. The molecular weight excluding hydrogens is 318 g/mol. The zero-order valence-electron chi connectivity index (χ0n) is 11.9. The standard InChI is InChI=1S/C12H17NO6S2/c1-4-8-7(3)20-11(10(8)12(16)19-5-2)13-21(17,18)6-9(14)15/h13H,4-6H2,1-3H3,(H,14,15). The Kier molecular flexibility index (Phi) is 5.73. The molecule has 1 heterocycles. The number of esters is 1. The lowest BCUT2D eigenvalue weighted by Crippen LogP contribution is -2.23. The van der Waals surface area contributed by atoms with Crippen LogP contribution >= 0.6 is 11.3 Å². The largest absolute Gasteiger partial charge is 0.480 e. The van der Waals surface area contributed by atoms with Crippen molar-refractivity contribution in [3.8, 4) is 0 Å². The maximum atomic E-state index is 12.0. The first kappa shape index (κ1) is 17.4. The Bertz CT molecular complexity index is 647. The van der Waals surface area contributed by atoms with Gasteiger partial charge in [0.1, 0.15) is 5.00 Å². The van der Waals surface area contributed by atoms with Crippen molar-refractivity contribution in [3.05, 3.63) is 16.0 Å². The molecule has 0 bridgehead atoms. The number of carbonyl (C=O) groups excluding carboxylic acids is 1. The third kappa shape index (κ3) is 4.43. The molecule has 2 N–H and O–H groups in total. The molecule has 118 valence electrons. The number of carboxylic acids is 1. The van der Waals surface area contributed by atoms with E-state index in [0.29, 0.717) is 12.0 Å². The molecule has 0 amide bonds. The van der Waals surface area contributed by atoms with E-state index in [0.717, 1.165) is 16.2 Å². The molecule has 1 aromatic heterocycles. The fourth-order valence-corrected chi connectivity index (χ4v) is 4.15. The third-order valence-electron chi connectivity index (χ3n) is 2.60. The molecule has 0 aliphatic heterocycles. The average molecular weight is 335 g/mol. The average Bonchev–Trinajstić information content (AvgIpc) is 2.62. The summed E-state index contributed by atoms with van der Waals surface area (Å²) in [6.45, 7) is 5.42. The van der Waals surface area contributed by atoms with Gasteiger partial charge in [-0.05, 0) is 25.8 Å². The Morgan fingerprint density at radius 3 is 2.43 bits per heavy atom. The van der Waals surface area contributed by atoms with Gasteiger partial charge < -0.3 is 9.84 Å². The molecule has 21 heavy (non-hydrogen) atoms. The van der Waals surface area contributed by atoms with Crippen LogP contribution in [0.4, 0.5) is 5.00 Å². The second-order valence-electron chi connectivity index (χ2n) is 4.17. The molecule has 0 aromatic carbocycles. The topological polar surface area (TPSA) is 110 Å². The van der Waals surface area contributed by atoms with Gasteiger partial charge in [-0.25, -0.2) is 13.2 Å². The van der Waals surface area contributed by atoms with Crippen LogP contribution < -0.4 is 4.72 Å². The van der Waals surface area contributed by atoms with Gasteiger partial charge in [-0.2, -0.15) is 0 Å². The molecular formula is C12H17NO6S2. The van der Waals surface area contributed by atoms with Crippen LogP contribution in [-0.2, 0) is 26.0 Å². The van der Waals surface area contributed by atoms with Gasteiger partial charge in [0.25, 0.3) is 0 Å². The smallest absolute Gasteiger partial charge is 0.341 e. The summed E-state index contributed by atoms with van der Waals surface area (Å²) in [6, 6.07) is 0. The molecule has 0 fully saturated rings. The first-order chi connectivity index (χ1) is 9.71. The van der Waals surface area contributed by atoms with Gasteiger partial charge in [-0.1, -0.05) is 6.92 Å². The molecule has 0 aliphatic carbocycles. The molecule has 0 atom stereocenters. The van der Waals surface area contributed by atoms with E-state index in [-0.39, 0.29) is 17.2 Å². The number of hydrogen-bond donors (Lipinski definition) is 2. The lowest BCUT2D eigenvalue weighted by Gasteiger charge is -2.08. The molecule has 1 rings (SSSR count). The highest BCUT2D eigenvalue weighted by molar-refractivity contribution is 7.93. The maximum Gasteiger partial charge on any atom is 0.341 e. The maximum absolute atomic E-state index is 12.0. The SMILES string of the molecule is CCOC(=O)c1c(NS(=O)(=O)CC(=O)O)sc(C)c1CC. The van der Waals surface area contributed by atoms with Crippen molar-refractivity contribution in [2.24, 2.45) is 0 Å². The second-order valence-corrected chi connectivity index (χ2v) is 7.12. The molecule has 0 radical (unpaired) electrons. The van der Waals surface area contributed by atoms with Crippen LogP contribution in [0, 0.1) is 6.92 Å². The van der Waals surface area contributed by atoms with Crippen LogP contribution in [-0.4, -0.2) is 37.8 Å². The normalized spacial score (nSPS) is 11.2. The number of sulfonamides is 1. The van der Waals surface area contributed by atoms with Crippen LogP contribution in [0.5, 0.6) is 0 Å². The van der Waals surface area contributed by atoms with Crippen LogP contribution in [0.1, 0.15) is 34.6 Å². The number of carboxylic acid groups (broad SMARTS) is 1. The van der Waals surface area contributed by atoms with Crippen LogP contribution in [0.25, 0.3) is 0 Å². The van der Waals surface area contributed by atoms with Gasteiger partial charge >= 0.3 is 11.9 Å². The van der Waals surface area contributed by atoms with Crippen molar-refractivity contribution in [3.63, 3.8) is 0 Å². The van der Waals surface area contributed by atoms with Crippen LogP contribution in [0.15, 0.2) is 0 Å². The molecule has 0 spiro atoms. The van der Waals surface area contributed by atoms with Gasteiger partial charge in [0, 0.05) is 4.88 Å². The number of ether oxygens (including phenoxy) is 1. The minimum Gasteiger partial charge on any atom is -0.480 e. The predicted molar refractivity (Wildman–Crippen MR) is 79.4 cm³/mol. The molecule has 0 aliphatic rings. The Labute approximate surface area is 127 Å². The highest BCUT2D eigenvalue weighted by Gasteiger charge is 2.26. The van der Waals surface area contributed by atoms with Gasteiger partial charge in [-0.15, -0.1) is 11.3 Å². The van der Waals surface area contributed by atoms with Gasteiger partial charge in [0.15, 0.2) is 5.75 Å². The van der Waals surface area contributed by atoms with E-state index in [1.54, 1.807) is 13.8 Å². The third-order valence-corrected chi connectivity index (χ3v) is 4.94. The summed E-state index contributed by atoms with van der Waals surface area (Å²) in [4.78, 5) is 23.3. The molecule has 0 unspecified atom stereocenters. The number of aryl methyl sites for hydroxylation is 1. The summed E-state index contributed by atoms with van der Waals surface area (Å²) in [5.41, 5.74) is 0.863. The van der Waals surface area contributed by atoms with Crippen molar-refractivity contribution in [1.29, 1.82) is 0 Å². The number of hydrogen-bond acceptors (Lipinski definition) is 6. The lowest BCUT2D eigenvalue weighted by atomic mass is 10.1. The fourth-order valence-electron chi connectivity index (χ4n) is 1.84. The van der Waals surface area contributed by atoms with E-state index < -0.39 is 27.7 Å². The van der Waals surface area contributed by atoms with Crippen LogP contribution in [0.2, 0.25) is 0 Å². The summed E-state index contributed by atoms with van der Waals surface area (Å²) in [5, 5.41) is 8.69. The highest BCUT2D eigenvalue weighted by Crippen LogP contribution is 2.34. The van der Waals surface area contributed by atoms with Crippen molar-refractivity contribution >= 4 is 38.3 Å². The van der Waals surface area contributed by atoms with Crippen molar-refractivity contribution < 1.29 is 27.9 Å². The first-order valence-corrected chi connectivity index (χ1v) is 8.70. The van der Waals surface area contributed by atoms with E-state index in [1.807, 2.05) is 6.92 Å². The number of nitrogens with one attached hydrogen (secondary N) is 1. The van der Waals surface area contributed by atoms with Gasteiger partial charge in [-0.3, -0.25) is 9.52 Å². The van der Waals surface area contributed by atoms with Crippen molar-refractivity contribution in [2.45, 2.75) is 27.2 Å². The Morgan fingerprint density at radius 1 is 1.33 bits per heavy atom. The Morgan fingerprint density at radius 2 is 1.95 bits per heavy atom. The molecule has 9 heteroatoms. The minimum atomic E-state index is -4.06. The van der Waals surface area contributed by atoms with E-state index in [9.17, 15) is 18.0 Å². The molecule has 0 saturated carbocycles. The Balaban J connectivity index is 3.24. The van der Waals surface area contributed by atoms with E-state index in [2.05, 4.69) is 4.72 Å². The fraction of sp³-hybridized carbons (Fsp3) is 0.500. The quantitative estimate of drug-likeness (QED) is 0.733. The first-order valence-electron chi connectivity index (χ1n) is 6.23. The number of rotatable bonds is 7. The van der Waals surface area contributed by atoms with Crippen LogP contribution in [0.3, 0.4) is 0 Å².